The van der Waals surface area contributed by atoms with Crippen molar-refractivity contribution in [2.45, 2.75) is 19.4 Å². The quantitative estimate of drug-likeness (QED) is 0.887. The van der Waals surface area contributed by atoms with Gasteiger partial charge in [0.1, 0.15) is 5.82 Å². The van der Waals surface area contributed by atoms with Crippen LogP contribution < -0.4 is 5.32 Å². The minimum absolute atomic E-state index is 0.00968. The van der Waals surface area contributed by atoms with E-state index in [0.29, 0.717) is 18.7 Å². The molecule has 1 rings (SSSR count). The fourth-order valence-electron chi connectivity index (χ4n) is 1.27. The zero-order chi connectivity index (χ0) is 13.7. The molecule has 0 aliphatic rings. The van der Waals surface area contributed by atoms with Crippen molar-refractivity contribution < 1.29 is 14.3 Å². The summed E-state index contributed by atoms with van der Waals surface area (Å²) in [6.45, 7) is 2.07. The smallest absolute Gasteiger partial charge is 0.321 e. The van der Waals surface area contributed by atoms with Gasteiger partial charge in [0.2, 0.25) is 0 Å². The van der Waals surface area contributed by atoms with Crippen LogP contribution in [0.1, 0.15) is 13.3 Å². The number of benzene rings is 1. The molecule has 2 N–H and O–H groups in total. The number of rotatable bonds is 4. The average molecular weight is 275 g/mol. The maximum Gasteiger partial charge on any atom is 0.321 e. The van der Waals surface area contributed by atoms with Crippen molar-refractivity contribution in [2.24, 2.45) is 0 Å². The van der Waals surface area contributed by atoms with Crippen molar-refractivity contribution >= 4 is 23.3 Å². The van der Waals surface area contributed by atoms with Gasteiger partial charge >= 0.3 is 6.03 Å². The van der Waals surface area contributed by atoms with E-state index in [1.165, 1.54) is 17.0 Å². The van der Waals surface area contributed by atoms with Crippen LogP contribution in [-0.2, 0) is 0 Å². The first-order valence-corrected chi connectivity index (χ1v) is 5.93. The number of nitrogens with zero attached hydrogens (tertiary/aromatic N) is 1. The van der Waals surface area contributed by atoms with Gasteiger partial charge in [0.25, 0.3) is 0 Å². The average Bonchev–Trinajstić information content (AvgIpc) is 2.30. The van der Waals surface area contributed by atoms with Gasteiger partial charge in [0, 0.05) is 19.3 Å². The molecule has 0 heterocycles. The molecule has 0 aliphatic carbocycles. The molecule has 1 unspecified atom stereocenters. The Bertz CT molecular complexity index is 427. The van der Waals surface area contributed by atoms with Crippen molar-refractivity contribution in [3.05, 3.63) is 29.0 Å². The van der Waals surface area contributed by atoms with Crippen molar-refractivity contribution in [2.75, 3.05) is 18.9 Å². The van der Waals surface area contributed by atoms with Gasteiger partial charge in [-0.1, -0.05) is 11.6 Å². The van der Waals surface area contributed by atoms with Crippen LogP contribution in [-0.4, -0.2) is 35.7 Å². The molecule has 2 amide bonds. The molecule has 0 aromatic heterocycles. The van der Waals surface area contributed by atoms with Gasteiger partial charge in [-0.25, -0.2) is 9.18 Å². The number of aliphatic hydroxyl groups excluding tert-OH is 1. The predicted molar refractivity (Wildman–Crippen MR) is 69.4 cm³/mol. The molecule has 0 spiro atoms. The van der Waals surface area contributed by atoms with Crippen LogP contribution >= 0.6 is 11.6 Å². The molecule has 4 nitrogen and oxygen atoms in total. The number of carbonyl (C=O) groups excluding carboxylic acids is 1. The number of halogens is 2. The highest BCUT2D eigenvalue weighted by atomic mass is 35.5. The lowest BCUT2D eigenvalue weighted by molar-refractivity contribution is 0.167. The summed E-state index contributed by atoms with van der Waals surface area (Å²) < 4.78 is 13.2. The number of hydrogen-bond acceptors (Lipinski definition) is 2. The van der Waals surface area contributed by atoms with Gasteiger partial charge in [-0.3, -0.25) is 0 Å². The lowest BCUT2D eigenvalue weighted by Crippen LogP contribution is -2.33. The monoisotopic (exact) mass is 274 g/mol. The topological polar surface area (TPSA) is 52.6 Å². The largest absolute Gasteiger partial charge is 0.393 e. The maximum absolute atomic E-state index is 13.2. The number of aliphatic hydroxyl groups is 1. The van der Waals surface area contributed by atoms with Gasteiger partial charge in [-0.15, -0.1) is 0 Å². The van der Waals surface area contributed by atoms with E-state index in [1.807, 2.05) is 0 Å². The summed E-state index contributed by atoms with van der Waals surface area (Å²) in [6.07, 6.45) is 0.0204. The summed E-state index contributed by atoms with van der Waals surface area (Å²) >= 11 is 5.54. The highest BCUT2D eigenvalue weighted by Gasteiger charge is 2.10. The van der Waals surface area contributed by atoms with E-state index >= 15 is 0 Å². The second-order valence-electron chi connectivity index (χ2n) is 4.12. The van der Waals surface area contributed by atoms with Crippen LogP contribution in [0.25, 0.3) is 0 Å². The normalized spacial score (nSPS) is 12.1. The molecular formula is C12H16ClFN2O2. The lowest BCUT2D eigenvalue weighted by atomic mass is 10.3. The van der Waals surface area contributed by atoms with Crippen LogP contribution in [0.2, 0.25) is 5.02 Å². The zero-order valence-electron chi connectivity index (χ0n) is 10.3. The van der Waals surface area contributed by atoms with Crippen LogP contribution in [0.4, 0.5) is 14.9 Å². The Labute approximate surface area is 110 Å². The fourth-order valence-corrected chi connectivity index (χ4v) is 1.39. The Morgan fingerprint density at radius 1 is 1.61 bits per heavy atom. The summed E-state index contributed by atoms with van der Waals surface area (Å²) in [5.74, 6) is -0.582. The van der Waals surface area contributed by atoms with Gasteiger partial charge in [0.05, 0.1) is 11.1 Å². The van der Waals surface area contributed by atoms with Crippen molar-refractivity contribution in [1.82, 2.24) is 4.90 Å². The summed E-state index contributed by atoms with van der Waals surface area (Å²) in [7, 11) is 1.60. The van der Waals surface area contributed by atoms with Crippen molar-refractivity contribution in [3.8, 4) is 0 Å². The molecule has 0 saturated heterocycles. The van der Waals surface area contributed by atoms with E-state index in [4.69, 9.17) is 16.7 Å². The van der Waals surface area contributed by atoms with Crippen LogP contribution in [0, 0.1) is 5.82 Å². The highest BCUT2D eigenvalue weighted by Crippen LogP contribution is 2.18. The standard InChI is InChI=1S/C12H16ClFN2O2/c1-8(17)5-6-16(2)12(18)15-9-3-4-10(13)11(14)7-9/h3-4,7-8,17H,5-6H2,1-2H3,(H,15,18). The fraction of sp³-hybridized carbons (Fsp3) is 0.417. The SMILES string of the molecule is CC(O)CCN(C)C(=O)Nc1ccc(Cl)c(F)c1. The molecule has 0 radical (unpaired) electrons. The molecule has 1 aromatic carbocycles. The van der Waals surface area contributed by atoms with E-state index < -0.39 is 11.9 Å². The maximum atomic E-state index is 13.2. The van der Waals surface area contributed by atoms with Gasteiger partial charge < -0.3 is 15.3 Å². The number of hydrogen-bond donors (Lipinski definition) is 2. The first kappa shape index (κ1) is 14.7. The molecule has 100 valence electrons. The third kappa shape index (κ3) is 4.50. The number of anilines is 1. The van der Waals surface area contributed by atoms with Crippen LogP contribution in [0.15, 0.2) is 18.2 Å². The van der Waals surface area contributed by atoms with E-state index in [2.05, 4.69) is 5.32 Å². The third-order valence-electron chi connectivity index (χ3n) is 2.40. The Hall–Kier alpha value is -1.33. The molecule has 18 heavy (non-hydrogen) atoms. The van der Waals surface area contributed by atoms with E-state index in [0.717, 1.165) is 6.07 Å². The van der Waals surface area contributed by atoms with Crippen molar-refractivity contribution in [3.63, 3.8) is 0 Å². The summed E-state index contributed by atoms with van der Waals surface area (Å²) in [6, 6.07) is 3.69. The van der Waals surface area contributed by atoms with Crippen LogP contribution in [0.3, 0.4) is 0 Å². The molecule has 1 atom stereocenters. The Morgan fingerprint density at radius 3 is 2.83 bits per heavy atom. The molecule has 6 heteroatoms. The van der Waals surface area contributed by atoms with E-state index in [9.17, 15) is 9.18 Å². The van der Waals surface area contributed by atoms with Gasteiger partial charge in [-0.2, -0.15) is 0 Å². The Balaban J connectivity index is 2.55. The Morgan fingerprint density at radius 2 is 2.28 bits per heavy atom. The second kappa shape index (κ2) is 6.56. The minimum Gasteiger partial charge on any atom is -0.393 e. The molecular weight excluding hydrogens is 259 g/mol. The number of urea groups is 1. The molecule has 0 aliphatic heterocycles. The predicted octanol–water partition coefficient (Wildman–Crippen LogP) is 2.71. The van der Waals surface area contributed by atoms with E-state index in [-0.39, 0.29) is 11.1 Å². The number of carbonyl (C=O) groups is 1. The number of amides is 2. The lowest BCUT2D eigenvalue weighted by Gasteiger charge is -2.18. The summed E-state index contributed by atoms with van der Waals surface area (Å²) in [5.41, 5.74) is 0.339. The molecule has 0 saturated carbocycles. The van der Waals surface area contributed by atoms with Gasteiger partial charge in [0.15, 0.2) is 0 Å². The first-order valence-electron chi connectivity index (χ1n) is 5.55. The van der Waals surface area contributed by atoms with Crippen LogP contribution in [0.5, 0.6) is 0 Å². The minimum atomic E-state index is -0.582. The summed E-state index contributed by atoms with van der Waals surface area (Å²) in [4.78, 5) is 13.1. The zero-order valence-corrected chi connectivity index (χ0v) is 11.0. The highest BCUT2D eigenvalue weighted by molar-refractivity contribution is 6.30. The third-order valence-corrected chi connectivity index (χ3v) is 2.71. The first-order chi connectivity index (χ1) is 8.40. The van der Waals surface area contributed by atoms with E-state index in [1.54, 1.807) is 14.0 Å². The Kier molecular flexibility index (Phi) is 5.37. The second-order valence-corrected chi connectivity index (χ2v) is 4.53. The molecule has 1 aromatic rings. The molecule has 0 fully saturated rings. The van der Waals surface area contributed by atoms with Gasteiger partial charge in [-0.05, 0) is 31.5 Å². The number of nitrogens with one attached hydrogen (secondary N) is 1. The summed E-state index contributed by atoms with van der Waals surface area (Å²) in [5, 5.41) is 11.7. The molecule has 0 bridgehead atoms. The van der Waals surface area contributed by atoms with Crippen molar-refractivity contribution in [1.29, 1.82) is 0 Å².